The van der Waals surface area contributed by atoms with Crippen LogP contribution in [-0.2, 0) is 90.3 Å². The highest BCUT2D eigenvalue weighted by molar-refractivity contribution is 6.12. The lowest BCUT2D eigenvalue weighted by molar-refractivity contribution is -0.155. The lowest BCUT2D eigenvalue weighted by Crippen LogP contribution is -2.41. The van der Waals surface area contributed by atoms with E-state index in [9.17, 15) is 24.0 Å². The molecule has 0 aromatic carbocycles. The van der Waals surface area contributed by atoms with Crippen LogP contribution in [0.3, 0.4) is 0 Å². The van der Waals surface area contributed by atoms with E-state index in [1.165, 1.54) is 17.1 Å². The van der Waals surface area contributed by atoms with E-state index in [1.54, 1.807) is 25.7 Å². The topological polar surface area (TPSA) is 221 Å². The van der Waals surface area contributed by atoms with Crippen LogP contribution >= 0.6 is 0 Å². The van der Waals surface area contributed by atoms with Gasteiger partial charge in [0.1, 0.15) is 11.4 Å². The SMILES string of the molecule is CC(C)(C)OC(=O)CC[C@H](CC(=O)CCCCCN1C(=O)C=CC1=O)C(=O)N1CCOCCOCCOCCOCCOCCOCCOCCOCCOCCOCCOCCOCCOCC1. The van der Waals surface area contributed by atoms with Crippen LogP contribution in [0.1, 0.15) is 65.7 Å². The van der Waals surface area contributed by atoms with Crippen LogP contribution in [0, 0.1) is 5.92 Å². The second-order valence-electron chi connectivity index (χ2n) is 16.8. The number of nitrogens with zero attached hydrogens (tertiary/aromatic N) is 2. The molecule has 0 saturated carbocycles. The molecule has 69 heavy (non-hydrogen) atoms. The smallest absolute Gasteiger partial charge is 0.306 e. The van der Waals surface area contributed by atoms with Crippen LogP contribution in [0.2, 0.25) is 0 Å². The fraction of sp³-hybridized carbons (Fsp3) is 0.854. The maximum Gasteiger partial charge on any atom is 0.306 e. The summed E-state index contributed by atoms with van der Waals surface area (Å²) in [7, 11) is 0. The molecule has 0 bridgehead atoms. The summed E-state index contributed by atoms with van der Waals surface area (Å²) in [4.78, 5) is 66.8. The molecule has 0 N–H and O–H groups in total. The summed E-state index contributed by atoms with van der Waals surface area (Å²) in [6.07, 6.45) is 4.45. The third-order valence-electron chi connectivity index (χ3n) is 9.96. The molecular weight excluding hydrogens is 909 g/mol. The molecule has 3 amide bonds. The molecular formula is C48H84N2O19. The number of Topliss-reactive ketones (excluding diaryl/α,β-unsaturated/α-hetero) is 1. The molecule has 2 aliphatic rings. The van der Waals surface area contributed by atoms with Crippen molar-refractivity contribution in [2.75, 3.05) is 191 Å². The van der Waals surface area contributed by atoms with E-state index in [-0.39, 0.29) is 95.2 Å². The number of rotatable bonds is 12. The zero-order valence-corrected chi connectivity index (χ0v) is 41.8. The number of hydrogen-bond acceptors (Lipinski definition) is 19. The number of ether oxygens (including phenoxy) is 14. The largest absolute Gasteiger partial charge is 0.460 e. The van der Waals surface area contributed by atoms with Gasteiger partial charge in [-0.3, -0.25) is 28.9 Å². The fourth-order valence-corrected chi connectivity index (χ4v) is 6.48. The Labute approximate surface area is 409 Å². The van der Waals surface area contributed by atoms with Crippen molar-refractivity contribution < 1.29 is 90.3 Å². The lowest BCUT2D eigenvalue weighted by Gasteiger charge is -2.28. The van der Waals surface area contributed by atoms with Crippen LogP contribution in [0.25, 0.3) is 0 Å². The van der Waals surface area contributed by atoms with Crippen molar-refractivity contribution in [3.8, 4) is 0 Å². The maximum absolute atomic E-state index is 14.2. The van der Waals surface area contributed by atoms with E-state index < -0.39 is 17.5 Å². The van der Waals surface area contributed by atoms with Gasteiger partial charge >= 0.3 is 5.97 Å². The van der Waals surface area contributed by atoms with Crippen LogP contribution in [0.5, 0.6) is 0 Å². The zero-order valence-electron chi connectivity index (χ0n) is 41.8. The van der Waals surface area contributed by atoms with Gasteiger partial charge in [0.05, 0.1) is 172 Å². The third-order valence-corrected chi connectivity index (χ3v) is 9.96. The van der Waals surface area contributed by atoms with Crippen LogP contribution in [0.15, 0.2) is 12.2 Å². The number of unbranched alkanes of at least 4 members (excludes halogenated alkanes) is 2. The predicted octanol–water partition coefficient (Wildman–Crippen LogP) is 2.23. The molecule has 0 aromatic heterocycles. The number of carbonyl (C=O) groups is 5. The van der Waals surface area contributed by atoms with Crippen LogP contribution in [-0.4, -0.2) is 236 Å². The Kier molecular flexibility index (Phi) is 38.4. The quantitative estimate of drug-likeness (QED) is 0.155. The Balaban J connectivity index is 1.88. The molecule has 21 heteroatoms. The van der Waals surface area contributed by atoms with Gasteiger partial charge in [0.15, 0.2) is 0 Å². The summed E-state index contributed by atoms with van der Waals surface area (Å²) in [5.41, 5.74) is -0.705. The minimum absolute atomic E-state index is 0.0385. The van der Waals surface area contributed by atoms with Gasteiger partial charge < -0.3 is 71.2 Å². The van der Waals surface area contributed by atoms with Gasteiger partial charge in [-0.1, -0.05) is 6.42 Å². The van der Waals surface area contributed by atoms with Crippen molar-refractivity contribution in [2.24, 2.45) is 5.92 Å². The second kappa shape index (κ2) is 42.6. The number of hydrogen-bond donors (Lipinski definition) is 0. The average Bonchev–Trinajstić information content (AvgIpc) is 3.64. The highest BCUT2D eigenvalue weighted by Crippen LogP contribution is 2.20. The van der Waals surface area contributed by atoms with Gasteiger partial charge in [0, 0.05) is 57.0 Å². The molecule has 2 rings (SSSR count). The summed E-state index contributed by atoms with van der Waals surface area (Å²) in [6.45, 7) is 16.4. The summed E-state index contributed by atoms with van der Waals surface area (Å²) in [6, 6.07) is 0. The lowest BCUT2D eigenvalue weighted by atomic mass is 9.93. The normalized spacial score (nSPS) is 20.9. The molecule has 2 heterocycles. The Morgan fingerprint density at radius 1 is 0.478 bits per heavy atom. The summed E-state index contributed by atoms with van der Waals surface area (Å²) < 4.78 is 78.3. The third kappa shape index (κ3) is 36.5. The predicted molar refractivity (Wildman–Crippen MR) is 250 cm³/mol. The molecule has 2 aliphatic heterocycles. The average molecular weight is 993 g/mol. The molecule has 0 aromatic rings. The van der Waals surface area contributed by atoms with Gasteiger partial charge in [-0.2, -0.15) is 0 Å². The minimum Gasteiger partial charge on any atom is -0.460 e. The number of esters is 1. The minimum atomic E-state index is -0.778. The zero-order chi connectivity index (χ0) is 49.9. The highest BCUT2D eigenvalue weighted by atomic mass is 16.6. The van der Waals surface area contributed by atoms with Crippen molar-refractivity contribution in [1.82, 2.24) is 9.80 Å². The van der Waals surface area contributed by atoms with Crippen molar-refractivity contribution in [2.45, 2.75) is 71.3 Å². The summed E-state index contributed by atoms with van der Waals surface area (Å²) in [5, 5.41) is 0. The van der Waals surface area contributed by atoms with Crippen LogP contribution < -0.4 is 0 Å². The molecule has 0 radical (unpaired) electrons. The van der Waals surface area contributed by atoms with E-state index in [0.717, 1.165) is 0 Å². The molecule has 1 atom stereocenters. The number of imide groups is 1. The van der Waals surface area contributed by atoms with Gasteiger partial charge in [-0.15, -0.1) is 0 Å². The molecule has 400 valence electrons. The molecule has 0 spiro atoms. The Bertz CT molecular complexity index is 1310. The number of amides is 3. The second-order valence-corrected chi connectivity index (χ2v) is 16.8. The first-order valence-electron chi connectivity index (χ1n) is 24.6. The number of carbonyl (C=O) groups excluding carboxylic acids is 5. The molecule has 0 unspecified atom stereocenters. The van der Waals surface area contributed by atoms with E-state index in [0.29, 0.717) is 165 Å². The van der Waals surface area contributed by atoms with Gasteiger partial charge in [0.25, 0.3) is 11.8 Å². The molecule has 21 nitrogen and oxygen atoms in total. The first-order valence-corrected chi connectivity index (χ1v) is 24.6. The van der Waals surface area contributed by atoms with E-state index >= 15 is 0 Å². The van der Waals surface area contributed by atoms with Gasteiger partial charge in [-0.05, 0) is 40.0 Å². The fourth-order valence-electron chi connectivity index (χ4n) is 6.48. The highest BCUT2D eigenvalue weighted by Gasteiger charge is 2.29. The van der Waals surface area contributed by atoms with E-state index in [2.05, 4.69) is 0 Å². The van der Waals surface area contributed by atoms with E-state index in [4.69, 9.17) is 66.3 Å². The first kappa shape index (κ1) is 62.1. The van der Waals surface area contributed by atoms with Gasteiger partial charge in [0.2, 0.25) is 5.91 Å². The van der Waals surface area contributed by atoms with Crippen molar-refractivity contribution in [3.63, 3.8) is 0 Å². The Morgan fingerprint density at radius 2 is 0.797 bits per heavy atom. The summed E-state index contributed by atoms with van der Waals surface area (Å²) >= 11 is 0. The Hall–Kier alpha value is -3.03. The van der Waals surface area contributed by atoms with Crippen molar-refractivity contribution in [3.05, 3.63) is 12.2 Å². The molecule has 1 fully saturated rings. The van der Waals surface area contributed by atoms with Gasteiger partial charge in [-0.25, -0.2) is 0 Å². The standard InChI is InChI=1S/C48H84N2O19/c1-48(2,3)69-46(54)11-8-42(41-43(51)7-5-4-6-12-50-44(52)9-10-45(50)53)47(55)49-13-15-56-17-19-58-21-23-60-25-27-62-29-31-64-33-35-66-37-39-68-40-38-67-36-34-65-32-30-63-28-26-61-24-22-59-20-18-57-16-14-49/h9-10,42H,4-8,11-41H2,1-3H3/t42-/m1/s1. The first-order chi connectivity index (χ1) is 33.6. The Morgan fingerprint density at radius 3 is 1.12 bits per heavy atom. The van der Waals surface area contributed by atoms with Crippen molar-refractivity contribution >= 4 is 29.5 Å². The summed E-state index contributed by atoms with van der Waals surface area (Å²) in [5.74, 6) is -2.31. The maximum atomic E-state index is 14.2. The van der Waals surface area contributed by atoms with Crippen molar-refractivity contribution in [1.29, 1.82) is 0 Å². The van der Waals surface area contributed by atoms with E-state index in [1.807, 2.05) is 0 Å². The van der Waals surface area contributed by atoms with Crippen LogP contribution in [0.4, 0.5) is 0 Å². The molecule has 1 saturated heterocycles. The monoisotopic (exact) mass is 993 g/mol. The number of ketones is 1. The molecule has 0 aliphatic carbocycles.